The largest absolute Gasteiger partial charge is 0.495 e. The third kappa shape index (κ3) is 2.94. The van der Waals surface area contributed by atoms with Gasteiger partial charge in [0.05, 0.1) is 23.2 Å². The van der Waals surface area contributed by atoms with Gasteiger partial charge in [0, 0.05) is 10.8 Å². The molecule has 4 nitrogen and oxygen atoms in total. The maximum absolute atomic E-state index is 12.6. The number of anilines is 1. The van der Waals surface area contributed by atoms with E-state index in [4.69, 9.17) is 4.74 Å². The fourth-order valence-electron chi connectivity index (χ4n) is 2.80. The van der Waals surface area contributed by atoms with Crippen molar-refractivity contribution in [3.05, 3.63) is 65.0 Å². The lowest BCUT2D eigenvalue weighted by atomic mass is 10.1. The van der Waals surface area contributed by atoms with Crippen molar-refractivity contribution in [2.45, 2.75) is 6.92 Å². The molecule has 5 heteroatoms. The normalized spacial score (nSPS) is 11.0. The second-order valence-electron chi connectivity index (χ2n) is 5.84. The molecule has 2 aromatic carbocycles. The number of hydrogen-bond donors (Lipinski definition) is 1. The molecule has 0 saturated heterocycles. The van der Waals surface area contributed by atoms with Gasteiger partial charge in [-0.25, -0.2) is 4.98 Å². The molecule has 0 aliphatic carbocycles. The first-order valence-corrected chi connectivity index (χ1v) is 8.71. The Kier molecular flexibility index (Phi) is 3.86. The van der Waals surface area contributed by atoms with Crippen molar-refractivity contribution in [3.8, 4) is 5.75 Å². The summed E-state index contributed by atoms with van der Waals surface area (Å²) < 4.78 is 5.28. The van der Waals surface area contributed by atoms with Gasteiger partial charge in [-0.1, -0.05) is 23.8 Å². The van der Waals surface area contributed by atoms with Crippen molar-refractivity contribution in [2.75, 3.05) is 12.4 Å². The number of ether oxygens (including phenoxy) is 1. The highest BCUT2D eigenvalue weighted by Crippen LogP contribution is 2.29. The molecule has 4 rings (SSSR count). The Hall–Kier alpha value is -2.92. The van der Waals surface area contributed by atoms with Gasteiger partial charge >= 0.3 is 0 Å². The highest BCUT2D eigenvalue weighted by molar-refractivity contribution is 7.20. The highest BCUT2D eigenvalue weighted by Gasteiger charge is 2.14. The summed E-state index contributed by atoms with van der Waals surface area (Å²) in [6.07, 6.45) is 0. The molecule has 2 aromatic heterocycles. The summed E-state index contributed by atoms with van der Waals surface area (Å²) in [5.74, 6) is 0.476. The summed E-state index contributed by atoms with van der Waals surface area (Å²) in [7, 11) is 1.59. The summed E-state index contributed by atoms with van der Waals surface area (Å²) in [6, 6.07) is 17.5. The minimum atomic E-state index is -0.160. The summed E-state index contributed by atoms with van der Waals surface area (Å²) >= 11 is 1.39. The molecule has 25 heavy (non-hydrogen) atoms. The Bertz CT molecular complexity index is 1100. The van der Waals surface area contributed by atoms with Crippen LogP contribution in [0.3, 0.4) is 0 Å². The third-order valence-electron chi connectivity index (χ3n) is 4.04. The molecule has 0 atom stereocenters. The van der Waals surface area contributed by atoms with E-state index in [9.17, 15) is 4.79 Å². The first-order chi connectivity index (χ1) is 12.1. The lowest BCUT2D eigenvalue weighted by molar-refractivity contribution is 0.103. The van der Waals surface area contributed by atoms with Crippen LogP contribution in [-0.2, 0) is 0 Å². The number of fused-ring (bicyclic) bond motifs is 2. The van der Waals surface area contributed by atoms with Gasteiger partial charge < -0.3 is 10.1 Å². The van der Waals surface area contributed by atoms with E-state index in [1.165, 1.54) is 16.9 Å². The molecule has 0 unspecified atom stereocenters. The van der Waals surface area contributed by atoms with Crippen molar-refractivity contribution in [1.29, 1.82) is 0 Å². The maximum Gasteiger partial charge on any atom is 0.265 e. The standard InChI is InChI=1S/C20H16N2O2S/c1-12-7-8-15-13(9-12)10-14-11-18(25-20(14)22-15)19(23)21-16-5-3-4-6-17(16)24-2/h3-11H,1-2H3,(H,21,23). The summed E-state index contributed by atoms with van der Waals surface area (Å²) in [6.45, 7) is 2.06. The van der Waals surface area contributed by atoms with Crippen molar-refractivity contribution < 1.29 is 9.53 Å². The molecule has 0 aliphatic rings. The van der Waals surface area contributed by atoms with E-state index in [0.29, 0.717) is 16.3 Å². The number of pyridine rings is 1. The van der Waals surface area contributed by atoms with Gasteiger partial charge in [-0.2, -0.15) is 0 Å². The summed E-state index contributed by atoms with van der Waals surface area (Å²) in [5.41, 5.74) is 2.79. The first-order valence-electron chi connectivity index (χ1n) is 7.89. The van der Waals surface area contributed by atoms with E-state index in [0.717, 1.165) is 21.1 Å². The second kappa shape index (κ2) is 6.18. The Morgan fingerprint density at radius 3 is 2.76 bits per heavy atom. The zero-order valence-corrected chi connectivity index (χ0v) is 14.7. The van der Waals surface area contributed by atoms with E-state index in [2.05, 4.69) is 29.4 Å². The van der Waals surface area contributed by atoms with Gasteiger partial charge in [0.1, 0.15) is 10.6 Å². The van der Waals surface area contributed by atoms with E-state index < -0.39 is 0 Å². The van der Waals surface area contributed by atoms with E-state index in [-0.39, 0.29) is 5.91 Å². The number of aromatic nitrogens is 1. The molecule has 0 bridgehead atoms. The van der Waals surface area contributed by atoms with Crippen LogP contribution in [0.25, 0.3) is 21.1 Å². The molecule has 0 radical (unpaired) electrons. The number of methoxy groups -OCH3 is 1. The predicted molar refractivity (Wildman–Crippen MR) is 103 cm³/mol. The lowest BCUT2D eigenvalue weighted by Gasteiger charge is -2.08. The zero-order valence-electron chi connectivity index (χ0n) is 13.9. The molecule has 2 heterocycles. The highest BCUT2D eigenvalue weighted by atomic mass is 32.1. The van der Waals surface area contributed by atoms with Gasteiger partial charge in [0.25, 0.3) is 5.91 Å². The molecular formula is C20H16N2O2S. The third-order valence-corrected chi connectivity index (χ3v) is 5.08. The van der Waals surface area contributed by atoms with Gasteiger partial charge in [-0.3, -0.25) is 4.79 Å². The van der Waals surface area contributed by atoms with Crippen LogP contribution in [0.4, 0.5) is 5.69 Å². The van der Waals surface area contributed by atoms with Gasteiger partial charge in [-0.15, -0.1) is 11.3 Å². The second-order valence-corrected chi connectivity index (χ2v) is 6.87. The number of thiophene rings is 1. The molecule has 0 spiro atoms. The van der Waals surface area contributed by atoms with Crippen LogP contribution in [0.5, 0.6) is 5.75 Å². The van der Waals surface area contributed by atoms with Gasteiger partial charge in [-0.05, 0) is 43.3 Å². The Morgan fingerprint density at radius 1 is 1.08 bits per heavy atom. The minimum Gasteiger partial charge on any atom is -0.495 e. The average Bonchev–Trinajstić information content (AvgIpc) is 3.03. The van der Waals surface area contributed by atoms with Crippen LogP contribution < -0.4 is 10.1 Å². The Labute approximate surface area is 149 Å². The first kappa shape index (κ1) is 15.6. The summed E-state index contributed by atoms with van der Waals surface area (Å²) in [4.78, 5) is 18.8. The van der Waals surface area contributed by atoms with Crippen molar-refractivity contribution in [1.82, 2.24) is 4.98 Å². The lowest BCUT2D eigenvalue weighted by Crippen LogP contribution is -2.10. The Morgan fingerprint density at radius 2 is 1.92 bits per heavy atom. The molecular weight excluding hydrogens is 332 g/mol. The fourth-order valence-corrected chi connectivity index (χ4v) is 3.72. The topological polar surface area (TPSA) is 51.2 Å². The number of para-hydroxylation sites is 2. The number of carbonyl (C=O) groups is 1. The number of hydrogen-bond acceptors (Lipinski definition) is 4. The molecule has 0 saturated carbocycles. The van der Waals surface area contributed by atoms with Crippen LogP contribution in [-0.4, -0.2) is 18.0 Å². The molecule has 0 fully saturated rings. The number of rotatable bonds is 3. The SMILES string of the molecule is COc1ccccc1NC(=O)c1cc2cc3cc(C)ccc3nc2s1. The van der Waals surface area contributed by atoms with E-state index in [1.807, 2.05) is 42.5 Å². The van der Waals surface area contributed by atoms with Crippen LogP contribution in [0, 0.1) is 6.92 Å². The number of nitrogens with one attached hydrogen (secondary N) is 1. The maximum atomic E-state index is 12.6. The number of nitrogens with zero attached hydrogens (tertiary/aromatic N) is 1. The van der Waals surface area contributed by atoms with Crippen molar-refractivity contribution in [3.63, 3.8) is 0 Å². The molecule has 0 aliphatic heterocycles. The molecule has 4 aromatic rings. The van der Waals surface area contributed by atoms with Gasteiger partial charge in [0.15, 0.2) is 0 Å². The van der Waals surface area contributed by atoms with Crippen LogP contribution >= 0.6 is 11.3 Å². The van der Waals surface area contributed by atoms with Crippen molar-refractivity contribution in [2.24, 2.45) is 0 Å². The number of amides is 1. The number of benzene rings is 2. The van der Waals surface area contributed by atoms with E-state index in [1.54, 1.807) is 7.11 Å². The molecule has 1 N–H and O–H groups in total. The molecule has 124 valence electrons. The zero-order chi connectivity index (χ0) is 17.4. The van der Waals surface area contributed by atoms with Crippen LogP contribution in [0.15, 0.2) is 54.6 Å². The minimum absolute atomic E-state index is 0.160. The smallest absolute Gasteiger partial charge is 0.265 e. The fraction of sp³-hybridized carbons (Fsp3) is 0.100. The van der Waals surface area contributed by atoms with Gasteiger partial charge in [0.2, 0.25) is 0 Å². The van der Waals surface area contributed by atoms with Crippen molar-refractivity contribution >= 4 is 44.1 Å². The van der Waals surface area contributed by atoms with Crippen LogP contribution in [0.2, 0.25) is 0 Å². The quantitative estimate of drug-likeness (QED) is 0.566. The average molecular weight is 348 g/mol. The predicted octanol–water partition coefficient (Wildman–Crippen LogP) is 5.02. The Balaban J connectivity index is 1.71. The number of carbonyl (C=O) groups excluding carboxylic acids is 1. The van der Waals surface area contributed by atoms with Crippen LogP contribution in [0.1, 0.15) is 15.2 Å². The number of aryl methyl sites for hydroxylation is 1. The van der Waals surface area contributed by atoms with E-state index >= 15 is 0 Å². The molecule has 1 amide bonds. The monoisotopic (exact) mass is 348 g/mol. The summed E-state index contributed by atoms with van der Waals surface area (Å²) in [5, 5.41) is 4.97.